The third-order valence-corrected chi connectivity index (χ3v) is 4.04. The minimum absolute atomic E-state index is 0.165. The Bertz CT molecular complexity index is 524. The van der Waals surface area contributed by atoms with E-state index in [0.29, 0.717) is 0 Å². The van der Waals surface area contributed by atoms with Crippen LogP contribution >= 0.6 is 31.9 Å². The second-order valence-corrected chi connectivity index (χ2v) is 5.91. The molecule has 0 saturated carbocycles. The molecule has 2 rings (SSSR count). The highest BCUT2D eigenvalue weighted by Gasteiger charge is 2.15. The molecule has 0 aliphatic carbocycles. The molecule has 0 bridgehead atoms. The summed E-state index contributed by atoms with van der Waals surface area (Å²) < 4.78 is 7.44. The van der Waals surface area contributed by atoms with Crippen molar-refractivity contribution in [2.75, 3.05) is 0 Å². The molecular weight excluding hydrogens is 358 g/mol. The van der Waals surface area contributed by atoms with Crippen LogP contribution in [0.25, 0.3) is 0 Å². The van der Waals surface area contributed by atoms with Gasteiger partial charge in [-0.1, -0.05) is 34.1 Å². The minimum atomic E-state index is 0.165. The summed E-state index contributed by atoms with van der Waals surface area (Å²) in [5.41, 5.74) is 1.25. The first kappa shape index (κ1) is 13.8. The maximum atomic E-state index is 5.55. The lowest BCUT2D eigenvalue weighted by atomic mass is 10.1. The van der Waals surface area contributed by atoms with E-state index in [1.54, 1.807) is 0 Å². The Kier molecular flexibility index (Phi) is 4.65. The zero-order chi connectivity index (χ0) is 13.1. The molecule has 0 amide bonds. The molecule has 2 aromatic rings. The molecule has 0 spiro atoms. The molecular formula is C14H15Br2NO. The highest BCUT2D eigenvalue weighted by atomic mass is 79.9. The van der Waals surface area contributed by atoms with E-state index in [1.807, 2.05) is 24.3 Å². The molecule has 0 radical (unpaired) electrons. The zero-order valence-corrected chi connectivity index (χ0v) is 13.5. The standard InChI is InChI=1S/C14H15Br2NO/c1-9(11-5-3-4-6-12(11)15)17-10(2)13-7-8-14(16)18-13/h3-10,17H,1-2H3/t9-,10?/m1/s1. The first-order valence-corrected chi connectivity index (χ1v) is 7.42. The van der Waals surface area contributed by atoms with Crippen LogP contribution in [-0.4, -0.2) is 0 Å². The Hall–Kier alpha value is -0.580. The van der Waals surface area contributed by atoms with Gasteiger partial charge in [-0.25, -0.2) is 0 Å². The van der Waals surface area contributed by atoms with Crippen molar-refractivity contribution in [3.05, 3.63) is 56.9 Å². The van der Waals surface area contributed by atoms with Crippen LogP contribution in [0.2, 0.25) is 0 Å². The van der Waals surface area contributed by atoms with Crippen molar-refractivity contribution >= 4 is 31.9 Å². The topological polar surface area (TPSA) is 25.2 Å². The summed E-state index contributed by atoms with van der Waals surface area (Å²) in [5, 5.41) is 3.52. The number of rotatable bonds is 4. The molecule has 0 aliphatic rings. The van der Waals surface area contributed by atoms with Crippen molar-refractivity contribution in [1.29, 1.82) is 0 Å². The SMILES string of the molecule is CC(N[C@H](C)c1ccccc1Br)c1ccc(Br)o1. The van der Waals surface area contributed by atoms with Gasteiger partial charge in [0.25, 0.3) is 0 Å². The molecule has 0 aliphatic heterocycles. The van der Waals surface area contributed by atoms with Gasteiger partial charge in [-0.3, -0.25) is 0 Å². The summed E-state index contributed by atoms with van der Waals surface area (Å²) in [7, 11) is 0. The first-order valence-electron chi connectivity index (χ1n) is 5.83. The fourth-order valence-corrected chi connectivity index (χ4v) is 2.88. The molecule has 18 heavy (non-hydrogen) atoms. The van der Waals surface area contributed by atoms with E-state index in [4.69, 9.17) is 4.42 Å². The van der Waals surface area contributed by atoms with E-state index in [9.17, 15) is 0 Å². The maximum absolute atomic E-state index is 5.55. The predicted octanol–water partition coefficient (Wildman–Crippen LogP) is 5.22. The molecule has 0 fully saturated rings. The van der Waals surface area contributed by atoms with Gasteiger partial charge in [0, 0.05) is 10.5 Å². The molecule has 2 nitrogen and oxygen atoms in total. The molecule has 4 heteroatoms. The first-order chi connectivity index (χ1) is 8.58. The second-order valence-electron chi connectivity index (χ2n) is 4.27. The Morgan fingerprint density at radius 1 is 1.00 bits per heavy atom. The summed E-state index contributed by atoms with van der Waals surface area (Å²) in [6.45, 7) is 4.24. The summed E-state index contributed by atoms with van der Waals surface area (Å²) in [5.74, 6) is 0.931. The third-order valence-electron chi connectivity index (χ3n) is 2.89. The average Bonchev–Trinajstić information content (AvgIpc) is 2.76. The third kappa shape index (κ3) is 3.25. The number of benzene rings is 1. The van der Waals surface area contributed by atoms with Crippen LogP contribution in [0.5, 0.6) is 0 Å². The van der Waals surface area contributed by atoms with E-state index < -0.39 is 0 Å². The van der Waals surface area contributed by atoms with E-state index in [-0.39, 0.29) is 12.1 Å². The number of hydrogen-bond acceptors (Lipinski definition) is 2. The van der Waals surface area contributed by atoms with Gasteiger partial charge < -0.3 is 9.73 Å². The quantitative estimate of drug-likeness (QED) is 0.796. The lowest BCUT2D eigenvalue weighted by Crippen LogP contribution is -2.22. The monoisotopic (exact) mass is 371 g/mol. The van der Waals surface area contributed by atoms with Gasteiger partial charge in [0.15, 0.2) is 4.67 Å². The van der Waals surface area contributed by atoms with Crippen molar-refractivity contribution in [1.82, 2.24) is 5.32 Å². The van der Waals surface area contributed by atoms with Crippen molar-refractivity contribution in [2.24, 2.45) is 0 Å². The van der Waals surface area contributed by atoms with Gasteiger partial charge in [0.1, 0.15) is 5.76 Å². The van der Waals surface area contributed by atoms with E-state index in [1.165, 1.54) is 5.56 Å². The predicted molar refractivity (Wildman–Crippen MR) is 80.5 cm³/mol. The van der Waals surface area contributed by atoms with Gasteiger partial charge in [-0.05, 0) is 53.5 Å². The molecule has 96 valence electrons. The Morgan fingerprint density at radius 2 is 1.72 bits per heavy atom. The summed E-state index contributed by atoms with van der Waals surface area (Å²) in [6.07, 6.45) is 0. The molecule has 1 aromatic heterocycles. The average molecular weight is 373 g/mol. The largest absolute Gasteiger partial charge is 0.453 e. The molecule has 0 saturated heterocycles. The number of furan rings is 1. The highest BCUT2D eigenvalue weighted by molar-refractivity contribution is 9.10. The van der Waals surface area contributed by atoms with Crippen LogP contribution in [0, 0.1) is 0 Å². The Labute approximate surface area is 124 Å². The van der Waals surface area contributed by atoms with E-state index in [0.717, 1.165) is 14.9 Å². The fraction of sp³-hybridized carbons (Fsp3) is 0.286. The second kappa shape index (κ2) is 6.04. The molecule has 1 unspecified atom stereocenters. The molecule has 2 atom stereocenters. The number of nitrogens with one attached hydrogen (secondary N) is 1. The van der Waals surface area contributed by atoms with Gasteiger partial charge >= 0.3 is 0 Å². The van der Waals surface area contributed by atoms with Crippen LogP contribution in [0.15, 0.2) is 50.0 Å². The number of halogens is 2. The minimum Gasteiger partial charge on any atom is -0.453 e. The van der Waals surface area contributed by atoms with Gasteiger partial charge in [0.05, 0.1) is 6.04 Å². The lowest BCUT2D eigenvalue weighted by Gasteiger charge is -2.20. The molecule has 1 aromatic carbocycles. The van der Waals surface area contributed by atoms with Crippen LogP contribution in [0.4, 0.5) is 0 Å². The smallest absolute Gasteiger partial charge is 0.169 e. The van der Waals surface area contributed by atoms with Crippen molar-refractivity contribution in [3.63, 3.8) is 0 Å². The van der Waals surface area contributed by atoms with Gasteiger partial charge in [0.2, 0.25) is 0 Å². The van der Waals surface area contributed by atoms with Gasteiger partial charge in [-0.2, -0.15) is 0 Å². The summed E-state index contributed by atoms with van der Waals surface area (Å²) in [4.78, 5) is 0. The Balaban J connectivity index is 2.08. The van der Waals surface area contributed by atoms with E-state index >= 15 is 0 Å². The fourth-order valence-electron chi connectivity index (χ4n) is 1.93. The summed E-state index contributed by atoms with van der Waals surface area (Å²) in [6, 6.07) is 12.6. The normalized spacial score (nSPS) is 14.4. The highest BCUT2D eigenvalue weighted by Crippen LogP contribution is 2.26. The zero-order valence-electron chi connectivity index (χ0n) is 10.3. The molecule has 1 N–H and O–H groups in total. The van der Waals surface area contributed by atoms with Gasteiger partial charge in [-0.15, -0.1) is 0 Å². The van der Waals surface area contributed by atoms with Crippen molar-refractivity contribution in [3.8, 4) is 0 Å². The van der Waals surface area contributed by atoms with Crippen LogP contribution < -0.4 is 5.32 Å². The van der Waals surface area contributed by atoms with Crippen LogP contribution in [0.1, 0.15) is 37.3 Å². The lowest BCUT2D eigenvalue weighted by molar-refractivity contribution is 0.393. The number of hydrogen-bond donors (Lipinski definition) is 1. The van der Waals surface area contributed by atoms with Crippen molar-refractivity contribution < 1.29 is 4.42 Å². The van der Waals surface area contributed by atoms with Crippen LogP contribution in [-0.2, 0) is 0 Å². The maximum Gasteiger partial charge on any atom is 0.169 e. The molecule has 1 heterocycles. The van der Waals surface area contributed by atoms with E-state index in [2.05, 4.69) is 63.2 Å². The van der Waals surface area contributed by atoms with Crippen LogP contribution in [0.3, 0.4) is 0 Å². The summed E-state index contributed by atoms with van der Waals surface area (Å²) >= 11 is 6.90. The van der Waals surface area contributed by atoms with Crippen molar-refractivity contribution in [2.45, 2.75) is 25.9 Å². The Morgan fingerprint density at radius 3 is 2.33 bits per heavy atom.